The van der Waals surface area contributed by atoms with Crippen LogP contribution in [0.4, 0.5) is 4.39 Å². The van der Waals surface area contributed by atoms with Crippen molar-refractivity contribution in [2.45, 2.75) is 31.7 Å². The molecule has 3 nitrogen and oxygen atoms in total. The third-order valence-corrected chi connectivity index (χ3v) is 4.45. The predicted molar refractivity (Wildman–Crippen MR) is 81.3 cm³/mol. The van der Waals surface area contributed by atoms with Gasteiger partial charge in [0.2, 0.25) is 0 Å². The van der Waals surface area contributed by atoms with Crippen molar-refractivity contribution in [1.82, 2.24) is 10.2 Å². The molecule has 1 aliphatic rings. The van der Waals surface area contributed by atoms with Crippen molar-refractivity contribution < 1.29 is 9.18 Å². The maximum atomic E-state index is 13.9. The minimum atomic E-state index is -0.456. The fourth-order valence-electron chi connectivity index (χ4n) is 2.72. The predicted octanol–water partition coefficient (Wildman–Crippen LogP) is 3.19. The first-order chi connectivity index (χ1) is 9.65. The molecule has 1 aromatic carbocycles. The fourth-order valence-corrected chi connectivity index (χ4v) is 3.24. The maximum Gasteiger partial charge on any atom is 0.258 e. The summed E-state index contributed by atoms with van der Waals surface area (Å²) in [6, 6.07) is 4.85. The third kappa shape index (κ3) is 3.38. The molecule has 0 aromatic heterocycles. The quantitative estimate of drug-likeness (QED) is 0.911. The standard InChI is InChI=1S/C15H20BrFN2O/c1-18-9-8-11-5-2-3-10-19(11)15(20)14-12(16)6-4-7-13(14)17/h4,6-7,11,18H,2-3,5,8-10H2,1H3. The Labute approximate surface area is 127 Å². The molecule has 0 radical (unpaired) electrons. The molecule has 0 aliphatic carbocycles. The van der Waals surface area contributed by atoms with Gasteiger partial charge in [-0.3, -0.25) is 4.79 Å². The van der Waals surface area contributed by atoms with E-state index in [4.69, 9.17) is 0 Å². The van der Waals surface area contributed by atoms with Crippen LogP contribution in [0.15, 0.2) is 22.7 Å². The average molecular weight is 343 g/mol. The van der Waals surface area contributed by atoms with Crippen LogP contribution in [0.25, 0.3) is 0 Å². The molecule has 1 heterocycles. The van der Waals surface area contributed by atoms with Gasteiger partial charge in [-0.15, -0.1) is 0 Å². The van der Waals surface area contributed by atoms with Crippen LogP contribution in [0, 0.1) is 5.82 Å². The largest absolute Gasteiger partial charge is 0.335 e. The lowest BCUT2D eigenvalue weighted by Crippen LogP contribution is -2.45. The van der Waals surface area contributed by atoms with Gasteiger partial charge in [-0.1, -0.05) is 6.07 Å². The van der Waals surface area contributed by atoms with Crippen LogP contribution in [0.5, 0.6) is 0 Å². The summed E-state index contributed by atoms with van der Waals surface area (Å²) in [4.78, 5) is 14.5. The van der Waals surface area contributed by atoms with Crippen molar-refractivity contribution >= 4 is 21.8 Å². The minimum absolute atomic E-state index is 0.156. The number of likely N-dealkylation sites (tertiary alicyclic amines) is 1. The smallest absolute Gasteiger partial charge is 0.258 e. The fraction of sp³-hybridized carbons (Fsp3) is 0.533. The Balaban J connectivity index is 2.21. The number of halogens is 2. The number of nitrogens with one attached hydrogen (secondary N) is 1. The van der Waals surface area contributed by atoms with E-state index < -0.39 is 5.82 Å². The molecular weight excluding hydrogens is 323 g/mol. The van der Waals surface area contributed by atoms with E-state index in [-0.39, 0.29) is 17.5 Å². The van der Waals surface area contributed by atoms with Crippen molar-refractivity contribution in [3.63, 3.8) is 0 Å². The van der Waals surface area contributed by atoms with Gasteiger partial charge in [-0.25, -0.2) is 4.39 Å². The van der Waals surface area contributed by atoms with Crippen LogP contribution in [0.3, 0.4) is 0 Å². The van der Waals surface area contributed by atoms with Crippen LogP contribution in [0.2, 0.25) is 0 Å². The van der Waals surface area contributed by atoms with E-state index in [9.17, 15) is 9.18 Å². The normalized spacial score (nSPS) is 19.1. The molecule has 1 atom stereocenters. The summed E-state index contributed by atoms with van der Waals surface area (Å²) in [5, 5.41) is 3.12. The van der Waals surface area contributed by atoms with E-state index in [1.54, 1.807) is 12.1 Å². The van der Waals surface area contributed by atoms with Gasteiger partial charge in [0.15, 0.2) is 0 Å². The third-order valence-electron chi connectivity index (χ3n) is 3.79. The summed E-state index contributed by atoms with van der Waals surface area (Å²) in [7, 11) is 1.91. The lowest BCUT2D eigenvalue weighted by molar-refractivity contribution is 0.0597. The molecule has 5 heteroatoms. The number of nitrogens with zero attached hydrogens (tertiary/aromatic N) is 1. The Morgan fingerprint density at radius 3 is 3.00 bits per heavy atom. The summed E-state index contributed by atoms with van der Waals surface area (Å²) >= 11 is 3.29. The first-order valence-electron chi connectivity index (χ1n) is 7.04. The zero-order valence-electron chi connectivity index (χ0n) is 11.7. The van der Waals surface area contributed by atoms with Gasteiger partial charge in [0.25, 0.3) is 5.91 Å². The molecule has 1 amide bonds. The number of rotatable bonds is 4. The van der Waals surface area contributed by atoms with Gasteiger partial charge < -0.3 is 10.2 Å². The Bertz CT molecular complexity index is 461. The van der Waals surface area contributed by atoms with Crippen LogP contribution >= 0.6 is 15.9 Å². The Kier molecular flexibility index (Phi) is 5.54. The summed E-state index contributed by atoms with van der Waals surface area (Å²) in [5.41, 5.74) is 0.156. The number of piperidine rings is 1. The second kappa shape index (κ2) is 7.18. The molecule has 0 saturated carbocycles. The summed E-state index contributed by atoms with van der Waals surface area (Å²) in [5.74, 6) is -0.655. The van der Waals surface area contributed by atoms with E-state index in [0.29, 0.717) is 11.0 Å². The SMILES string of the molecule is CNCCC1CCCCN1C(=O)c1c(F)cccc1Br. The number of hydrogen-bond donors (Lipinski definition) is 1. The lowest BCUT2D eigenvalue weighted by Gasteiger charge is -2.36. The molecule has 1 aromatic rings. The van der Waals surface area contributed by atoms with Crippen LogP contribution in [-0.4, -0.2) is 37.0 Å². The minimum Gasteiger partial charge on any atom is -0.335 e. The molecule has 1 aliphatic heterocycles. The van der Waals surface area contributed by atoms with E-state index in [1.165, 1.54) is 6.07 Å². The van der Waals surface area contributed by atoms with Gasteiger partial charge in [-0.05, 0) is 67.3 Å². The van der Waals surface area contributed by atoms with Crippen LogP contribution < -0.4 is 5.32 Å². The molecule has 20 heavy (non-hydrogen) atoms. The number of carbonyl (C=O) groups excluding carboxylic acids is 1. The molecule has 110 valence electrons. The molecule has 0 bridgehead atoms. The molecule has 1 fully saturated rings. The van der Waals surface area contributed by atoms with Crippen molar-refractivity contribution in [2.75, 3.05) is 20.1 Å². The number of carbonyl (C=O) groups is 1. The van der Waals surface area contributed by atoms with Gasteiger partial charge in [0, 0.05) is 17.1 Å². The lowest BCUT2D eigenvalue weighted by atomic mass is 9.98. The van der Waals surface area contributed by atoms with Gasteiger partial charge in [-0.2, -0.15) is 0 Å². The van der Waals surface area contributed by atoms with Crippen molar-refractivity contribution in [3.05, 3.63) is 34.1 Å². The van der Waals surface area contributed by atoms with Crippen LogP contribution in [0.1, 0.15) is 36.0 Å². The second-order valence-electron chi connectivity index (χ2n) is 5.14. The highest BCUT2D eigenvalue weighted by atomic mass is 79.9. The Morgan fingerprint density at radius 2 is 2.30 bits per heavy atom. The first kappa shape index (κ1) is 15.4. The molecule has 0 spiro atoms. The van der Waals surface area contributed by atoms with Crippen LogP contribution in [-0.2, 0) is 0 Å². The highest BCUT2D eigenvalue weighted by Gasteiger charge is 2.29. The number of amides is 1. The van der Waals surface area contributed by atoms with Gasteiger partial charge >= 0.3 is 0 Å². The molecule has 1 saturated heterocycles. The zero-order chi connectivity index (χ0) is 14.5. The molecule has 1 N–H and O–H groups in total. The average Bonchev–Trinajstić information content (AvgIpc) is 2.45. The highest BCUT2D eigenvalue weighted by molar-refractivity contribution is 9.10. The maximum absolute atomic E-state index is 13.9. The monoisotopic (exact) mass is 342 g/mol. The number of benzene rings is 1. The topological polar surface area (TPSA) is 32.3 Å². The first-order valence-corrected chi connectivity index (χ1v) is 7.84. The summed E-state index contributed by atoms with van der Waals surface area (Å²) in [6.07, 6.45) is 4.04. The summed E-state index contributed by atoms with van der Waals surface area (Å²) in [6.45, 7) is 1.58. The van der Waals surface area contributed by atoms with E-state index >= 15 is 0 Å². The van der Waals surface area contributed by atoms with Gasteiger partial charge in [0.1, 0.15) is 5.82 Å². The number of hydrogen-bond acceptors (Lipinski definition) is 2. The Morgan fingerprint density at radius 1 is 1.50 bits per heavy atom. The van der Waals surface area contributed by atoms with Crippen molar-refractivity contribution in [3.8, 4) is 0 Å². The second-order valence-corrected chi connectivity index (χ2v) is 5.99. The zero-order valence-corrected chi connectivity index (χ0v) is 13.2. The molecule has 2 rings (SSSR count). The highest BCUT2D eigenvalue weighted by Crippen LogP contribution is 2.26. The van der Waals surface area contributed by atoms with Crippen molar-refractivity contribution in [1.29, 1.82) is 0 Å². The molecular formula is C15H20BrFN2O. The summed E-state index contributed by atoms with van der Waals surface area (Å²) < 4.78 is 14.5. The van der Waals surface area contributed by atoms with E-state index in [1.807, 2.05) is 11.9 Å². The Hall–Kier alpha value is -0.940. The van der Waals surface area contributed by atoms with Crippen molar-refractivity contribution in [2.24, 2.45) is 0 Å². The van der Waals surface area contributed by atoms with E-state index in [2.05, 4.69) is 21.2 Å². The van der Waals surface area contributed by atoms with E-state index in [0.717, 1.165) is 32.2 Å². The molecule has 1 unspecified atom stereocenters. The van der Waals surface area contributed by atoms with Gasteiger partial charge in [0.05, 0.1) is 5.56 Å².